The Bertz CT molecular complexity index is 397. The van der Waals surface area contributed by atoms with Crippen molar-refractivity contribution in [2.75, 3.05) is 42.9 Å². The molecule has 1 aromatic heterocycles. The molecule has 0 aliphatic heterocycles. The summed E-state index contributed by atoms with van der Waals surface area (Å²) in [6, 6.07) is 0. The van der Waals surface area contributed by atoms with Crippen molar-refractivity contribution in [3.8, 4) is 0 Å². The average Bonchev–Trinajstić information content (AvgIpc) is 2.36. The highest BCUT2D eigenvalue weighted by atomic mass is 16.3. The molecule has 102 valence electrons. The molecule has 1 atom stereocenters. The number of aliphatic hydroxyl groups excluding tert-OH is 1. The standard InChI is InChI=1S/C9H19N7O2/c1-9(18,5-17)4-11-6-12-7(15-10)14-8(13-6)16(2)3/h17-18H,4-5,10H2,1-3H3,(H2,11,12,13,14,15). The van der Waals surface area contributed by atoms with Gasteiger partial charge < -0.3 is 20.4 Å². The van der Waals surface area contributed by atoms with Crippen LogP contribution in [0.1, 0.15) is 6.92 Å². The number of hydrogen-bond acceptors (Lipinski definition) is 9. The van der Waals surface area contributed by atoms with E-state index >= 15 is 0 Å². The second kappa shape index (κ2) is 5.76. The molecule has 9 heteroatoms. The highest BCUT2D eigenvalue weighted by Crippen LogP contribution is 2.11. The van der Waals surface area contributed by atoms with Crippen LogP contribution in [0.2, 0.25) is 0 Å². The number of rotatable bonds is 6. The number of hydrogen-bond donors (Lipinski definition) is 5. The molecule has 1 heterocycles. The summed E-state index contributed by atoms with van der Waals surface area (Å²) < 4.78 is 0. The zero-order valence-corrected chi connectivity index (χ0v) is 10.7. The maximum Gasteiger partial charge on any atom is 0.243 e. The first kappa shape index (κ1) is 14.4. The van der Waals surface area contributed by atoms with Crippen LogP contribution in [-0.2, 0) is 0 Å². The predicted molar refractivity (Wildman–Crippen MR) is 68.2 cm³/mol. The molecule has 0 saturated carbocycles. The maximum atomic E-state index is 9.66. The van der Waals surface area contributed by atoms with E-state index in [1.165, 1.54) is 6.92 Å². The Balaban J connectivity index is 2.85. The van der Waals surface area contributed by atoms with Crippen LogP contribution >= 0.6 is 0 Å². The summed E-state index contributed by atoms with van der Waals surface area (Å²) in [5.41, 5.74) is 1.08. The zero-order chi connectivity index (χ0) is 13.8. The van der Waals surface area contributed by atoms with Gasteiger partial charge in [-0.3, -0.25) is 5.43 Å². The van der Waals surface area contributed by atoms with Crippen molar-refractivity contribution in [2.24, 2.45) is 5.84 Å². The van der Waals surface area contributed by atoms with Gasteiger partial charge in [-0.15, -0.1) is 0 Å². The third-order valence-corrected chi connectivity index (χ3v) is 2.12. The first-order chi connectivity index (χ1) is 8.38. The summed E-state index contributed by atoms with van der Waals surface area (Å²) in [6.45, 7) is 1.23. The normalized spacial score (nSPS) is 13.9. The molecule has 1 unspecified atom stereocenters. The van der Waals surface area contributed by atoms with Crippen molar-refractivity contribution in [3.63, 3.8) is 0 Å². The van der Waals surface area contributed by atoms with Crippen molar-refractivity contribution in [1.29, 1.82) is 0 Å². The Morgan fingerprint density at radius 1 is 1.28 bits per heavy atom. The molecule has 9 nitrogen and oxygen atoms in total. The maximum absolute atomic E-state index is 9.66. The molecule has 0 aromatic carbocycles. The Morgan fingerprint density at radius 2 is 1.89 bits per heavy atom. The second-order valence-corrected chi connectivity index (χ2v) is 4.33. The van der Waals surface area contributed by atoms with E-state index in [1.54, 1.807) is 19.0 Å². The number of anilines is 3. The van der Waals surface area contributed by atoms with Crippen LogP contribution in [0.15, 0.2) is 0 Å². The molecule has 1 aromatic rings. The molecule has 0 aliphatic rings. The van der Waals surface area contributed by atoms with E-state index in [2.05, 4.69) is 25.7 Å². The van der Waals surface area contributed by atoms with E-state index in [-0.39, 0.29) is 25.0 Å². The van der Waals surface area contributed by atoms with E-state index in [4.69, 9.17) is 10.9 Å². The summed E-state index contributed by atoms with van der Waals surface area (Å²) in [6.07, 6.45) is 0. The van der Waals surface area contributed by atoms with Gasteiger partial charge in [0.15, 0.2) is 0 Å². The zero-order valence-electron chi connectivity index (χ0n) is 10.7. The summed E-state index contributed by atoms with van der Waals surface area (Å²) in [4.78, 5) is 13.8. The number of aliphatic hydroxyl groups is 2. The lowest BCUT2D eigenvalue weighted by molar-refractivity contribution is 0.0131. The van der Waals surface area contributed by atoms with E-state index < -0.39 is 5.60 Å². The molecule has 0 amide bonds. The predicted octanol–water partition coefficient (Wildman–Crippen LogP) is -1.62. The number of nitrogens with two attached hydrogens (primary N) is 1. The number of nitrogens with one attached hydrogen (secondary N) is 2. The number of nitrogens with zero attached hydrogens (tertiary/aromatic N) is 4. The highest BCUT2D eigenvalue weighted by molar-refractivity contribution is 5.42. The number of nitrogen functional groups attached to an aromatic ring is 1. The smallest absolute Gasteiger partial charge is 0.243 e. The molecule has 0 saturated heterocycles. The lowest BCUT2D eigenvalue weighted by Crippen LogP contribution is -2.37. The van der Waals surface area contributed by atoms with Gasteiger partial charge in [-0.2, -0.15) is 15.0 Å². The quantitative estimate of drug-likeness (QED) is 0.301. The summed E-state index contributed by atoms with van der Waals surface area (Å²) in [5, 5.41) is 21.4. The molecular weight excluding hydrogens is 238 g/mol. The highest BCUT2D eigenvalue weighted by Gasteiger charge is 2.19. The van der Waals surface area contributed by atoms with Gasteiger partial charge in [0.05, 0.1) is 6.61 Å². The minimum atomic E-state index is -1.25. The molecule has 0 bridgehead atoms. The minimum Gasteiger partial charge on any atom is -0.393 e. The van der Waals surface area contributed by atoms with Gasteiger partial charge in [0.2, 0.25) is 17.8 Å². The van der Waals surface area contributed by atoms with Gasteiger partial charge in [0, 0.05) is 20.6 Å². The molecule has 0 radical (unpaired) electrons. The van der Waals surface area contributed by atoms with E-state index in [1.807, 2.05) is 0 Å². The molecule has 0 spiro atoms. The van der Waals surface area contributed by atoms with Crippen LogP contribution < -0.4 is 21.5 Å². The Kier molecular flexibility index (Phi) is 4.59. The third-order valence-electron chi connectivity index (χ3n) is 2.12. The fourth-order valence-corrected chi connectivity index (χ4v) is 1.03. The lowest BCUT2D eigenvalue weighted by Gasteiger charge is -2.21. The van der Waals surface area contributed by atoms with E-state index in [9.17, 15) is 5.11 Å². The SMILES string of the molecule is CN(C)c1nc(NN)nc(NCC(C)(O)CO)n1. The van der Waals surface area contributed by atoms with Crippen LogP contribution in [0.5, 0.6) is 0 Å². The molecule has 1 rings (SSSR count). The molecule has 18 heavy (non-hydrogen) atoms. The second-order valence-electron chi connectivity index (χ2n) is 4.33. The van der Waals surface area contributed by atoms with E-state index in [0.717, 1.165) is 0 Å². The molecule has 0 aliphatic carbocycles. The van der Waals surface area contributed by atoms with Gasteiger partial charge in [0.25, 0.3) is 0 Å². The van der Waals surface area contributed by atoms with E-state index in [0.29, 0.717) is 5.95 Å². The van der Waals surface area contributed by atoms with Crippen molar-refractivity contribution in [2.45, 2.75) is 12.5 Å². The Hall–Kier alpha value is -1.71. The summed E-state index contributed by atoms with van der Waals surface area (Å²) in [7, 11) is 3.56. The topological polar surface area (TPSA) is 132 Å². The third kappa shape index (κ3) is 3.95. The van der Waals surface area contributed by atoms with Crippen LogP contribution in [0, 0.1) is 0 Å². The fraction of sp³-hybridized carbons (Fsp3) is 0.667. The van der Waals surface area contributed by atoms with Crippen molar-refractivity contribution in [3.05, 3.63) is 0 Å². The lowest BCUT2D eigenvalue weighted by atomic mass is 10.1. The van der Waals surface area contributed by atoms with Crippen LogP contribution in [0.4, 0.5) is 17.8 Å². The Labute approximate surface area is 105 Å². The van der Waals surface area contributed by atoms with Crippen molar-refractivity contribution >= 4 is 17.8 Å². The minimum absolute atomic E-state index is 0.102. The summed E-state index contributed by atoms with van der Waals surface area (Å²) >= 11 is 0. The number of aromatic nitrogens is 3. The first-order valence-electron chi connectivity index (χ1n) is 5.35. The van der Waals surface area contributed by atoms with Crippen molar-refractivity contribution in [1.82, 2.24) is 15.0 Å². The van der Waals surface area contributed by atoms with Gasteiger partial charge in [-0.05, 0) is 6.92 Å². The average molecular weight is 257 g/mol. The van der Waals surface area contributed by atoms with Crippen LogP contribution in [0.3, 0.4) is 0 Å². The van der Waals surface area contributed by atoms with Gasteiger partial charge >= 0.3 is 0 Å². The van der Waals surface area contributed by atoms with Gasteiger partial charge in [-0.1, -0.05) is 0 Å². The van der Waals surface area contributed by atoms with Crippen LogP contribution in [-0.4, -0.2) is 58.0 Å². The van der Waals surface area contributed by atoms with Crippen molar-refractivity contribution < 1.29 is 10.2 Å². The largest absolute Gasteiger partial charge is 0.393 e. The summed E-state index contributed by atoms with van der Waals surface area (Å²) in [5.74, 6) is 6.15. The fourth-order valence-electron chi connectivity index (χ4n) is 1.03. The Morgan fingerprint density at radius 3 is 2.39 bits per heavy atom. The number of hydrazine groups is 1. The first-order valence-corrected chi connectivity index (χ1v) is 5.35. The molecule has 0 fully saturated rings. The molecular formula is C9H19N7O2. The molecule has 6 N–H and O–H groups in total. The monoisotopic (exact) mass is 257 g/mol. The van der Waals surface area contributed by atoms with Gasteiger partial charge in [-0.25, -0.2) is 5.84 Å². The van der Waals surface area contributed by atoms with Crippen LogP contribution in [0.25, 0.3) is 0 Å². The van der Waals surface area contributed by atoms with Gasteiger partial charge in [0.1, 0.15) is 5.60 Å².